The molecule has 186 valence electrons. The molecule has 35 heavy (non-hydrogen) atoms. The van der Waals surface area contributed by atoms with Gasteiger partial charge in [0, 0.05) is 18.7 Å². The van der Waals surface area contributed by atoms with Gasteiger partial charge < -0.3 is 9.30 Å². The van der Waals surface area contributed by atoms with Gasteiger partial charge in [-0.05, 0) is 67.1 Å². The van der Waals surface area contributed by atoms with Crippen molar-refractivity contribution in [1.29, 1.82) is 0 Å². The molecular weight excluding hydrogens is 486 g/mol. The van der Waals surface area contributed by atoms with Crippen LogP contribution in [0.5, 0.6) is 0 Å². The zero-order chi connectivity index (χ0) is 25.3. The molecule has 2 atom stereocenters. The maximum atomic E-state index is 13.1. The number of aromatic nitrogens is 1. The van der Waals surface area contributed by atoms with Crippen molar-refractivity contribution in [2.75, 3.05) is 20.2 Å². The van der Waals surface area contributed by atoms with Gasteiger partial charge in [0.15, 0.2) is 4.80 Å². The largest absolute Gasteiger partial charge is 0.468 e. The number of carbonyl (C=O) groups is 2. The van der Waals surface area contributed by atoms with Crippen molar-refractivity contribution in [1.82, 2.24) is 8.87 Å². The molecule has 0 bridgehead atoms. The molecule has 1 aliphatic rings. The molecule has 2 aromatic carbocycles. The van der Waals surface area contributed by atoms with E-state index in [0.717, 1.165) is 22.2 Å². The summed E-state index contributed by atoms with van der Waals surface area (Å²) < 4.78 is 35.1. The molecule has 0 aliphatic carbocycles. The van der Waals surface area contributed by atoms with E-state index in [1.54, 1.807) is 4.57 Å². The fourth-order valence-electron chi connectivity index (χ4n) is 4.48. The predicted octanol–water partition coefficient (Wildman–Crippen LogP) is 3.59. The lowest BCUT2D eigenvalue weighted by Gasteiger charge is -2.34. The second-order valence-electron chi connectivity index (χ2n) is 9.23. The molecule has 3 aromatic rings. The molecule has 2 heterocycles. The maximum Gasteiger partial charge on any atom is 0.325 e. The summed E-state index contributed by atoms with van der Waals surface area (Å²) in [6.45, 7) is 7.00. The SMILES string of the molecule is COC(=O)Cn1c(=NC(=O)c2ccc(S(=O)(=O)N3C[C@H](C)C[C@H](C)C3)cc2)sc2cc(C)ccc21. The Bertz CT molecular complexity index is 1430. The van der Waals surface area contributed by atoms with Crippen molar-refractivity contribution in [3.05, 3.63) is 58.4 Å². The summed E-state index contributed by atoms with van der Waals surface area (Å²) in [6.07, 6.45) is 1.01. The van der Waals surface area contributed by atoms with Crippen molar-refractivity contribution in [2.24, 2.45) is 16.8 Å². The van der Waals surface area contributed by atoms with Gasteiger partial charge in [-0.15, -0.1) is 0 Å². The van der Waals surface area contributed by atoms with E-state index in [0.29, 0.717) is 29.7 Å². The third-order valence-electron chi connectivity index (χ3n) is 6.12. The van der Waals surface area contributed by atoms with Gasteiger partial charge in [0.05, 0.1) is 22.2 Å². The number of hydrogen-bond donors (Lipinski definition) is 0. The van der Waals surface area contributed by atoms with Crippen molar-refractivity contribution < 1.29 is 22.7 Å². The molecule has 8 nitrogen and oxygen atoms in total. The monoisotopic (exact) mass is 515 g/mol. The molecule has 0 saturated carbocycles. The molecule has 1 saturated heterocycles. The van der Waals surface area contributed by atoms with Gasteiger partial charge in [-0.1, -0.05) is 31.3 Å². The minimum atomic E-state index is -3.64. The fourth-order valence-corrected chi connectivity index (χ4v) is 7.29. The molecule has 0 spiro atoms. The molecule has 1 fully saturated rings. The van der Waals surface area contributed by atoms with Crippen molar-refractivity contribution in [3.63, 3.8) is 0 Å². The first-order chi connectivity index (χ1) is 16.6. The summed E-state index contributed by atoms with van der Waals surface area (Å²) in [5.74, 6) is -0.365. The maximum absolute atomic E-state index is 13.1. The average Bonchev–Trinajstić information content (AvgIpc) is 3.13. The van der Waals surface area contributed by atoms with E-state index in [1.165, 1.54) is 47.0 Å². The lowest BCUT2D eigenvalue weighted by molar-refractivity contribution is -0.141. The summed E-state index contributed by atoms with van der Waals surface area (Å²) >= 11 is 1.31. The van der Waals surface area contributed by atoms with Crippen LogP contribution in [0.15, 0.2) is 52.4 Å². The molecule has 0 unspecified atom stereocenters. The predicted molar refractivity (Wildman–Crippen MR) is 135 cm³/mol. The van der Waals surface area contributed by atoms with Crippen LogP contribution in [0.3, 0.4) is 0 Å². The zero-order valence-corrected chi connectivity index (χ0v) is 21.9. The number of nitrogens with zero attached hydrogens (tertiary/aromatic N) is 3. The first-order valence-electron chi connectivity index (χ1n) is 11.4. The molecule has 1 aliphatic heterocycles. The number of fused-ring (bicyclic) bond motifs is 1. The van der Waals surface area contributed by atoms with E-state index in [2.05, 4.69) is 18.8 Å². The highest BCUT2D eigenvalue weighted by Crippen LogP contribution is 2.27. The van der Waals surface area contributed by atoms with Crippen LogP contribution < -0.4 is 4.80 Å². The summed E-state index contributed by atoms with van der Waals surface area (Å²) in [6, 6.07) is 11.7. The molecule has 10 heteroatoms. The van der Waals surface area contributed by atoms with Crippen LogP contribution in [-0.4, -0.2) is 49.4 Å². The van der Waals surface area contributed by atoms with Gasteiger partial charge >= 0.3 is 5.97 Å². The number of amides is 1. The molecule has 1 amide bonds. The second-order valence-corrected chi connectivity index (χ2v) is 12.2. The average molecular weight is 516 g/mol. The molecule has 1 aromatic heterocycles. The normalized spacial score (nSPS) is 19.7. The lowest BCUT2D eigenvalue weighted by Crippen LogP contribution is -2.42. The van der Waals surface area contributed by atoms with E-state index in [1.807, 2.05) is 25.1 Å². The summed E-state index contributed by atoms with van der Waals surface area (Å²) in [4.78, 5) is 29.7. The smallest absolute Gasteiger partial charge is 0.325 e. The van der Waals surface area contributed by atoms with Gasteiger partial charge in [0.2, 0.25) is 10.0 Å². The number of carbonyl (C=O) groups excluding carboxylic acids is 2. The van der Waals surface area contributed by atoms with Gasteiger partial charge in [0.1, 0.15) is 6.54 Å². The third-order valence-corrected chi connectivity index (χ3v) is 9.01. The highest BCUT2D eigenvalue weighted by Gasteiger charge is 2.31. The highest BCUT2D eigenvalue weighted by atomic mass is 32.2. The van der Waals surface area contributed by atoms with E-state index in [9.17, 15) is 18.0 Å². The first kappa shape index (κ1) is 25.3. The Labute approximate surface area is 208 Å². The number of aryl methyl sites for hydroxylation is 1. The summed E-state index contributed by atoms with van der Waals surface area (Å²) in [7, 11) is -2.33. The van der Waals surface area contributed by atoms with Crippen LogP contribution in [0.25, 0.3) is 10.2 Å². The number of rotatable bonds is 5. The number of thiazole rings is 1. The molecule has 0 radical (unpaired) electrons. The van der Waals surface area contributed by atoms with Crippen molar-refractivity contribution >= 4 is 43.5 Å². The fraction of sp³-hybridized carbons (Fsp3) is 0.400. The minimum absolute atomic E-state index is 0.0739. The lowest BCUT2D eigenvalue weighted by atomic mass is 9.94. The Kier molecular flexibility index (Phi) is 7.25. The van der Waals surface area contributed by atoms with Crippen LogP contribution in [0, 0.1) is 18.8 Å². The number of esters is 1. The Hall–Kier alpha value is -2.82. The van der Waals surface area contributed by atoms with E-state index >= 15 is 0 Å². The number of methoxy groups -OCH3 is 1. The van der Waals surface area contributed by atoms with Gasteiger partial charge in [-0.3, -0.25) is 9.59 Å². The van der Waals surface area contributed by atoms with Crippen LogP contribution in [0.4, 0.5) is 0 Å². The number of hydrogen-bond acceptors (Lipinski definition) is 6. The van der Waals surface area contributed by atoms with E-state index in [-0.39, 0.29) is 17.0 Å². The Balaban J connectivity index is 1.65. The third kappa shape index (κ3) is 5.39. The van der Waals surface area contributed by atoms with Gasteiger partial charge in [0.25, 0.3) is 5.91 Å². The topological polar surface area (TPSA) is 98.0 Å². The zero-order valence-electron chi connectivity index (χ0n) is 20.2. The molecule has 4 rings (SSSR count). The van der Waals surface area contributed by atoms with Crippen molar-refractivity contribution in [3.8, 4) is 0 Å². The van der Waals surface area contributed by atoms with Crippen LogP contribution >= 0.6 is 11.3 Å². The van der Waals surface area contributed by atoms with Crippen molar-refractivity contribution in [2.45, 2.75) is 38.6 Å². The van der Waals surface area contributed by atoms with Gasteiger partial charge in [-0.2, -0.15) is 9.30 Å². The minimum Gasteiger partial charge on any atom is -0.468 e. The van der Waals surface area contributed by atoms with E-state index < -0.39 is 21.9 Å². The highest BCUT2D eigenvalue weighted by molar-refractivity contribution is 7.89. The first-order valence-corrected chi connectivity index (χ1v) is 13.7. The standard InChI is InChI=1S/C25H29N3O5S2/c1-16-5-10-21-22(12-16)34-25(28(21)15-23(29)33-4)26-24(30)19-6-8-20(9-7-19)35(31,32)27-13-17(2)11-18(3)14-27/h5-10,12,17-18H,11,13-15H2,1-4H3/t17-,18+. The number of piperidine rings is 1. The second kappa shape index (κ2) is 10.0. The van der Waals surface area contributed by atoms with E-state index in [4.69, 9.17) is 4.74 Å². The molecule has 0 N–H and O–H groups in total. The number of sulfonamides is 1. The Morgan fingerprint density at radius 2 is 1.74 bits per heavy atom. The quantitative estimate of drug-likeness (QED) is 0.484. The van der Waals surface area contributed by atoms with Crippen LogP contribution in [0.1, 0.15) is 36.2 Å². The van der Waals surface area contributed by atoms with Crippen LogP contribution in [-0.2, 0) is 26.1 Å². The number of benzene rings is 2. The summed E-state index contributed by atoms with van der Waals surface area (Å²) in [5, 5.41) is 0. The molecular formula is C25H29N3O5S2. The van der Waals surface area contributed by atoms with Gasteiger partial charge in [-0.25, -0.2) is 8.42 Å². The number of ether oxygens (including phenoxy) is 1. The Morgan fingerprint density at radius 3 is 2.37 bits per heavy atom. The van der Waals surface area contributed by atoms with Crippen LogP contribution in [0.2, 0.25) is 0 Å². The Morgan fingerprint density at radius 1 is 1.09 bits per heavy atom. The summed E-state index contributed by atoms with van der Waals surface area (Å²) in [5.41, 5.74) is 2.10.